The van der Waals surface area contributed by atoms with E-state index >= 15 is 0 Å². The van der Waals surface area contributed by atoms with Crippen LogP contribution in [0.2, 0.25) is 0 Å². The molecular formula is C23H21NO3S. The van der Waals surface area contributed by atoms with Crippen molar-refractivity contribution in [2.45, 2.75) is 24.9 Å². The highest BCUT2D eigenvalue weighted by Crippen LogP contribution is 2.25. The van der Waals surface area contributed by atoms with Gasteiger partial charge in [-0.1, -0.05) is 60.7 Å². The van der Waals surface area contributed by atoms with Gasteiger partial charge in [0.2, 0.25) is 10.0 Å². The van der Waals surface area contributed by atoms with Gasteiger partial charge in [-0.05, 0) is 47.5 Å². The number of hydrogen-bond acceptors (Lipinski definition) is 3. The minimum atomic E-state index is -3.71. The number of hydrogen-bond donors (Lipinski definition) is 0. The minimum Gasteiger partial charge on any atom is -0.465 e. The summed E-state index contributed by atoms with van der Waals surface area (Å²) < 4.78 is 34.1. The average molecular weight is 391 g/mol. The van der Waals surface area contributed by atoms with E-state index in [1.54, 1.807) is 12.1 Å². The molecule has 0 aliphatic heterocycles. The fraction of sp³-hybridized carbons (Fsp3) is 0.130. The van der Waals surface area contributed by atoms with E-state index in [0.29, 0.717) is 5.76 Å². The number of sulfonamides is 1. The first-order chi connectivity index (χ1) is 13.5. The molecule has 0 amide bonds. The van der Waals surface area contributed by atoms with Gasteiger partial charge in [0, 0.05) is 6.54 Å². The number of benzene rings is 3. The summed E-state index contributed by atoms with van der Waals surface area (Å²) in [5, 5.41) is 1.91. The predicted molar refractivity (Wildman–Crippen MR) is 110 cm³/mol. The zero-order valence-corrected chi connectivity index (χ0v) is 16.4. The Hall–Kier alpha value is -2.89. The van der Waals surface area contributed by atoms with Gasteiger partial charge in [0.05, 0.1) is 11.4 Å². The molecule has 0 N–H and O–H groups in total. The van der Waals surface area contributed by atoms with Crippen LogP contribution in [0, 0.1) is 6.92 Å². The van der Waals surface area contributed by atoms with Crippen LogP contribution in [-0.4, -0.2) is 12.7 Å². The first-order valence-electron chi connectivity index (χ1n) is 9.10. The lowest BCUT2D eigenvalue weighted by Crippen LogP contribution is -2.30. The van der Waals surface area contributed by atoms with E-state index in [4.69, 9.17) is 4.42 Å². The van der Waals surface area contributed by atoms with Crippen molar-refractivity contribution in [3.63, 3.8) is 0 Å². The third-order valence-corrected chi connectivity index (χ3v) is 6.48. The summed E-state index contributed by atoms with van der Waals surface area (Å²) in [5.74, 6) is 1.38. The summed E-state index contributed by atoms with van der Waals surface area (Å²) in [6, 6.07) is 26.3. The zero-order chi connectivity index (χ0) is 19.6. The van der Waals surface area contributed by atoms with E-state index < -0.39 is 10.0 Å². The molecule has 0 radical (unpaired) electrons. The molecule has 4 nitrogen and oxygen atoms in total. The molecule has 0 spiro atoms. The molecule has 0 unspecified atom stereocenters. The van der Waals surface area contributed by atoms with Crippen LogP contribution in [0.1, 0.15) is 17.1 Å². The van der Waals surface area contributed by atoms with Gasteiger partial charge in [-0.2, -0.15) is 4.31 Å². The van der Waals surface area contributed by atoms with E-state index in [9.17, 15) is 8.42 Å². The largest absolute Gasteiger partial charge is 0.465 e. The standard InChI is InChI=1S/C23H21NO3S/c1-18-11-13-22(27-18)17-24(16-19-7-3-2-4-8-19)28(25,26)23-14-12-20-9-5-6-10-21(20)15-23/h2-15H,16-17H2,1H3. The Balaban J connectivity index is 1.73. The van der Waals surface area contributed by atoms with Crippen LogP contribution in [0.5, 0.6) is 0 Å². The Morgan fingerprint density at radius 3 is 2.21 bits per heavy atom. The molecule has 4 rings (SSSR count). The van der Waals surface area contributed by atoms with Crippen LogP contribution in [0.3, 0.4) is 0 Å². The Morgan fingerprint density at radius 2 is 1.50 bits per heavy atom. The van der Waals surface area contributed by atoms with Crippen molar-refractivity contribution in [1.82, 2.24) is 4.31 Å². The fourth-order valence-corrected chi connectivity index (χ4v) is 4.66. The van der Waals surface area contributed by atoms with E-state index in [1.165, 1.54) is 4.31 Å². The van der Waals surface area contributed by atoms with Gasteiger partial charge in [0.15, 0.2) is 0 Å². The van der Waals surface area contributed by atoms with Gasteiger partial charge in [0.25, 0.3) is 0 Å². The van der Waals surface area contributed by atoms with Gasteiger partial charge in [-0.3, -0.25) is 0 Å². The fourth-order valence-electron chi connectivity index (χ4n) is 3.23. The molecule has 1 aromatic heterocycles. The Morgan fingerprint density at radius 1 is 0.786 bits per heavy atom. The molecule has 0 saturated heterocycles. The second-order valence-electron chi connectivity index (χ2n) is 6.78. The van der Waals surface area contributed by atoms with Crippen molar-refractivity contribution in [3.8, 4) is 0 Å². The topological polar surface area (TPSA) is 50.5 Å². The highest BCUT2D eigenvalue weighted by Gasteiger charge is 2.26. The third-order valence-electron chi connectivity index (χ3n) is 4.69. The molecule has 142 valence electrons. The van der Waals surface area contributed by atoms with E-state index in [-0.39, 0.29) is 18.0 Å². The molecular weight excluding hydrogens is 370 g/mol. The lowest BCUT2D eigenvalue weighted by molar-refractivity contribution is 0.353. The molecule has 1 heterocycles. The lowest BCUT2D eigenvalue weighted by Gasteiger charge is -2.22. The van der Waals surface area contributed by atoms with Crippen molar-refractivity contribution >= 4 is 20.8 Å². The number of rotatable bonds is 6. The maximum Gasteiger partial charge on any atom is 0.243 e. The van der Waals surface area contributed by atoms with Crippen molar-refractivity contribution in [3.05, 3.63) is 102 Å². The molecule has 28 heavy (non-hydrogen) atoms. The lowest BCUT2D eigenvalue weighted by atomic mass is 10.1. The first kappa shape index (κ1) is 18.5. The summed E-state index contributed by atoms with van der Waals surface area (Å²) in [7, 11) is -3.71. The molecule has 0 aliphatic rings. The van der Waals surface area contributed by atoms with Crippen LogP contribution in [0.15, 0.2) is 94.2 Å². The van der Waals surface area contributed by atoms with Gasteiger partial charge >= 0.3 is 0 Å². The number of nitrogens with zero attached hydrogens (tertiary/aromatic N) is 1. The maximum atomic E-state index is 13.5. The van der Waals surface area contributed by atoms with Gasteiger partial charge in [0.1, 0.15) is 11.5 Å². The van der Waals surface area contributed by atoms with Gasteiger partial charge < -0.3 is 4.42 Å². The third kappa shape index (κ3) is 3.86. The first-order valence-corrected chi connectivity index (χ1v) is 10.5. The van der Waals surface area contributed by atoms with Gasteiger partial charge in [-0.15, -0.1) is 0 Å². The molecule has 5 heteroatoms. The molecule has 0 saturated carbocycles. The van der Waals surface area contributed by atoms with Crippen LogP contribution in [0.25, 0.3) is 10.8 Å². The molecule has 3 aromatic carbocycles. The number of furan rings is 1. The predicted octanol–water partition coefficient (Wildman–Crippen LogP) is 5.13. The Bertz CT molecular complexity index is 1200. The monoisotopic (exact) mass is 391 g/mol. The minimum absolute atomic E-state index is 0.178. The van der Waals surface area contributed by atoms with Crippen molar-refractivity contribution in [1.29, 1.82) is 0 Å². The van der Waals surface area contributed by atoms with Crippen LogP contribution >= 0.6 is 0 Å². The molecule has 0 aliphatic carbocycles. The average Bonchev–Trinajstić information content (AvgIpc) is 3.12. The summed E-state index contributed by atoms with van der Waals surface area (Å²) in [5.41, 5.74) is 0.926. The molecule has 0 fully saturated rings. The second kappa shape index (κ2) is 7.62. The number of fused-ring (bicyclic) bond motifs is 1. The number of aryl methyl sites for hydroxylation is 1. The smallest absolute Gasteiger partial charge is 0.243 e. The summed E-state index contributed by atoms with van der Waals surface area (Å²) in [4.78, 5) is 0.283. The highest BCUT2D eigenvalue weighted by atomic mass is 32.2. The summed E-state index contributed by atoms with van der Waals surface area (Å²) in [6.45, 7) is 2.30. The van der Waals surface area contributed by atoms with E-state index in [0.717, 1.165) is 22.1 Å². The second-order valence-corrected chi connectivity index (χ2v) is 8.72. The van der Waals surface area contributed by atoms with Gasteiger partial charge in [-0.25, -0.2) is 8.42 Å². The van der Waals surface area contributed by atoms with Crippen molar-refractivity contribution < 1.29 is 12.8 Å². The normalized spacial score (nSPS) is 11.9. The molecule has 0 atom stereocenters. The van der Waals surface area contributed by atoms with Crippen LogP contribution < -0.4 is 0 Å². The zero-order valence-electron chi connectivity index (χ0n) is 15.6. The quantitative estimate of drug-likeness (QED) is 0.458. The van der Waals surface area contributed by atoms with Crippen LogP contribution in [-0.2, 0) is 23.1 Å². The summed E-state index contributed by atoms with van der Waals surface area (Å²) >= 11 is 0. The SMILES string of the molecule is Cc1ccc(CN(Cc2ccccc2)S(=O)(=O)c2ccc3ccccc3c2)o1. The Kier molecular flexibility index (Phi) is 5.03. The highest BCUT2D eigenvalue weighted by molar-refractivity contribution is 7.89. The maximum absolute atomic E-state index is 13.5. The van der Waals surface area contributed by atoms with Crippen LogP contribution in [0.4, 0.5) is 0 Å². The van der Waals surface area contributed by atoms with Crippen molar-refractivity contribution in [2.75, 3.05) is 0 Å². The van der Waals surface area contributed by atoms with Crippen molar-refractivity contribution in [2.24, 2.45) is 0 Å². The van der Waals surface area contributed by atoms with E-state index in [2.05, 4.69) is 0 Å². The summed E-state index contributed by atoms with van der Waals surface area (Å²) in [6.07, 6.45) is 0. The molecule has 4 aromatic rings. The molecule has 0 bridgehead atoms. The Labute approximate surface area is 165 Å². The van der Waals surface area contributed by atoms with E-state index in [1.807, 2.05) is 79.7 Å².